The van der Waals surface area contributed by atoms with E-state index in [-0.39, 0.29) is 12.6 Å². The van der Waals surface area contributed by atoms with E-state index in [0.29, 0.717) is 18.9 Å². The van der Waals surface area contributed by atoms with Crippen LogP contribution in [0.4, 0.5) is 0 Å². The smallest absolute Gasteiger partial charge is 0.306 e. The molecule has 0 spiro atoms. The number of benzene rings is 1. The molecule has 1 aromatic rings. The SMILES string of the molecule is CCC(CO)CCCC(=O)OCc1ccccc1. The third kappa shape index (κ3) is 5.82. The van der Waals surface area contributed by atoms with Crippen LogP contribution in [-0.2, 0) is 16.1 Å². The summed E-state index contributed by atoms with van der Waals surface area (Å²) in [5.41, 5.74) is 1.01. The van der Waals surface area contributed by atoms with Crippen LogP contribution in [0.3, 0.4) is 0 Å². The van der Waals surface area contributed by atoms with Crippen molar-refractivity contribution in [3.8, 4) is 0 Å². The van der Waals surface area contributed by atoms with Crippen molar-refractivity contribution < 1.29 is 14.6 Å². The largest absolute Gasteiger partial charge is 0.461 e. The number of hydrogen-bond donors (Lipinski definition) is 1. The zero-order valence-corrected chi connectivity index (χ0v) is 11.0. The maximum absolute atomic E-state index is 11.5. The number of hydrogen-bond acceptors (Lipinski definition) is 3. The molecule has 1 N–H and O–H groups in total. The predicted molar refractivity (Wildman–Crippen MR) is 71.0 cm³/mol. The molecule has 0 saturated heterocycles. The number of aliphatic hydroxyl groups is 1. The number of carbonyl (C=O) groups is 1. The Balaban J connectivity index is 2.14. The first-order chi connectivity index (χ1) is 8.76. The number of aliphatic hydroxyl groups excluding tert-OH is 1. The van der Waals surface area contributed by atoms with Gasteiger partial charge in [0.05, 0.1) is 0 Å². The second-order valence-electron chi connectivity index (χ2n) is 4.50. The fraction of sp³-hybridized carbons (Fsp3) is 0.533. The second kappa shape index (κ2) is 8.70. The average molecular weight is 250 g/mol. The summed E-state index contributed by atoms with van der Waals surface area (Å²) in [4.78, 5) is 11.5. The summed E-state index contributed by atoms with van der Waals surface area (Å²) in [6.07, 6.45) is 3.05. The van der Waals surface area contributed by atoms with Crippen LogP contribution in [0.5, 0.6) is 0 Å². The molecule has 1 rings (SSSR count). The molecule has 0 aliphatic carbocycles. The monoisotopic (exact) mass is 250 g/mol. The summed E-state index contributed by atoms with van der Waals surface area (Å²) in [5, 5.41) is 9.03. The Bertz CT molecular complexity index is 331. The Kier molecular flexibility index (Phi) is 7.11. The molecule has 0 amide bonds. The lowest BCUT2D eigenvalue weighted by molar-refractivity contribution is -0.145. The summed E-state index contributed by atoms with van der Waals surface area (Å²) >= 11 is 0. The Morgan fingerprint density at radius 2 is 2.06 bits per heavy atom. The molecule has 0 radical (unpaired) electrons. The molecule has 1 aromatic carbocycles. The van der Waals surface area contributed by atoms with E-state index in [2.05, 4.69) is 6.92 Å². The highest BCUT2D eigenvalue weighted by Gasteiger charge is 2.07. The number of carbonyl (C=O) groups excluding carboxylic acids is 1. The van der Waals surface area contributed by atoms with Gasteiger partial charge in [0.1, 0.15) is 6.61 Å². The van der Waals surface area contributed by atoms with Gasteiger partial charge in [0, 0.05) is 13.0 Å². The van der Waals surface area contributed by atoms with Gasteiger partial charge >= 0.3 is 5.97 Å². The van der Waals surface area contributed by atoms with Crippen LogP contribution >= 0.6 is 0 Å². The molecule has 1 unspecified atom stereocenters. The molecule has 3 nitrogen and oxygen atoms in total. The molecule has 0 bridgehead atoms. The van der Waals surface area contributed by atoms with Crippen LogP contribution in [0.25, 0.3) is 0 Å². The lowest BCUT2D eigenvalue weighted by Gasteiger charge is -2.10. The molecule has 3 heteroatoms. The van der Waals surface area contributed by atoms with Crippen molar-refractivity contribution in [2.75, 3.05) is 6.61 Å². The first-order valence-electron chi connectivity index (χ1n) is 6.56. The van der Waals surface area contributed by atoms with Crippen LogP contribution < -0.4 is 0 Å². The third-order valence-electron chi connectivity index (χ3n) is 3.07. The zero-order valence-electron chi connectivity index (χ0n) is 11.0. The van der Waals surface area contributed by atoms with Crippen molar-refractivity contribution in [1.29, 1.82) is 0 Å². The third-order valence-corrected chi connectivity index (χ3v) is 3.07. The average Bonchev–Trinajstić information content (AvgIpc) is 2.42. The fourth-order valence-electron chi connectivity index (χ4n) is 1.77. The summed E-state index contributed by atoms with van der Waals surface area (Å²) in [6.45, 7) is 2.60. The lowest BCUT2D eigenvalue weighted by Crippen LogP contribution is -2.08. The molecule has 0 fully saturated rings. The van der Waals surface area contributed by atoms with Gasteiger partial charge in [0.25, 0.3) is 0 Å². The molecule has 0 aromatic heterocycles. The van der Waals surface area contributed by atoms with Crippen LogP contribution in [0, 0.1) is 5.92 Å². The Morgan fingerprint density at radius 3 is 2.67 bits per heavy atom. The summed E-state index contributed by atoms with van der Waals surface area (Å²) in [6, 6.07) is 9.66. The van der Waals surface area contributed by atoms with E-state index >= 15 is 0 Å². The van der Waals surface area contributed by atoms with Crippen LogP contribution in [0.2, 0.25) is 0 Å². The first kappa shape index (κ1) is 14.7. The van der Waals surface area contributed by atoms with Crippen molar-refractivity contribution in [3.63, 3.8) is 0 Å². The molecule has 0 aliphatic rings. The van der Waals surface area contributed by atoms with Gasteiger partial charge in [0.2, 0.25) is 0 Å². The van der Waals surface area contributed by atoms with Crippen LogP contribution in [-0.4, -0.2) is 17.7 Å². The minimum Gasteiger partial charge on any atom is -0.461 e. The van der Waals surface area contributed by atoms with Gasteiger partial charge in [-0.05, 0) is 24.3 Å². The lowest BCUT2D eigenvalue weighted by atomic mass is 10.0. The molecule has 18 heavy (non-hydrogen) atoms. The number of ether oxygens (including phenoxy) is 1. The minimum atomic E-state index is -0.161. The highest BCUT2D eigenvalue weighted by molar-refractivity contribution is 5.69. The molecule has 0 heterocycles. The Hall–Kier alpha value is -1.35. The predicted octanol–water partition coefficient (Wildman–Crippen LogP) is 2.92. The standard InChI is InChI=1S/C15H22O3/c1-2-13(11-16)9-6-10-15(17)18-12-14-7-4-3-5-8-14/h3-5,7-8,13,16H,2,6,9-12H2,1H3. The zero-order chi connectivity index (χ0) is 13.2. The Labute approximate surface area is 109 Å². The van der Waals surface area contributed by atoms with Gasteiger partial charge in [0.15, 0.2) is 0 Å². The van der Waals surface area contributed by atoms with E-state index in [0.717, 1.165) is 24.8 Å². The normalized spacial score (nSPS) is 12.1. The van der Waals surface area contributed by atoms with E-state index in [1.807, 2.05) is 30.3 Å². The molecular formula is C15H22O3. The quantitative estimate of drug-likeness (QED) is 0.722. The highest BCUT2D eigenvalue weighted by atomic mass is 16.5. The van der Waals surface area contributed by atoms with Crippen molar-refractivity contribution >= 4 is 5.97 Å². The van der Waals surface area contributed by atoms with E-state index < -0.39 is 0 Å². The first-order valence-corrected chi connectivity index (χ1v) is 6.56. The van der Waals surface area contributed by atoms with Crippen LogP contribution in [0.15, 0.2) is 30.3 Å². The van der Waals surface area contributed by atoms with Gasteiger partial charge < -0.3 is 9.84 Å². The van der Waals surface area contributed by atoms with Gasteiger partial charge in [-0.2, -0.15) is 0 Å². The number of esters is 1. The molecule has 0 saturated carbocycles. The van der Waals surface area contributed by atoms with Crippen molar-refractivity contribution in [3.05, 3.63) is 35.9 Å². The van der Waals surface area contributed by atoms with Gasteiger partial charge in [-0.1, -0.05) is 43.7 Å². The van der Waals surface area contributed by atoms with Crippen molar-refractivity contribution in [2.45, 2.75) is 39.2 Å². The number of rotatable bonds is 8. The van der Waals surface area contributed by atoms with Gasteiger partial charge in [-0.3, -0.25) is 4.79 Å². The Morgan fingerprint density at radius 1 is 1.33 bits per heavy atom. The molecular weight excluding hydrogens is 228 g/mol. The topological polar surface area (TPSA) is 46.5 Å². The van der Waals surface area contributed by atoms with Crippen LogP contribution in [0.1, 0.15) is 38.2 Å². The van der Waals surface area contributed by atoms with E-state index in [1.165, 1.54) is 0 Å². The van der Waals surface area contributed by atoms with E-state index in [1.54, 1.807) is 0 Å². The minimum absolute atomic E-state index is 0.161. The second-order valence-corrected chi connectivity index (χ2v) is 4.50. The summed E-state index contributed by atoms with van der Waals surface area (Å²) in [7, 11) is 0. The summed E-state index contributed by atoms with van der Waals surface area (Å²) in [5.74, 6) is 0.151. The van der Waals surface area contributed by atoms with Crippen molar-refractivity contribution in [1.82, 2.24) is 0 Å². The van der Waals surface area contributed by atoms with Crippen molar-refractivity contribution in [2.24, 2.45) is 5.92 Å². The van der Waals surface area contributed by atoms with Gasteiger partial charge in [-0.15, -0.1) is 0 Å². The highest BCUT2D eigenvalue weighted by Crippen LogP contribution is 2.12. The summed E-state index contributed by atoms with van der Waals surface area (Å²) < 4.78 is 5.18. The molecule has 100 valence electrons. The molecule has 1 atom stereocenters. The maximum Gasteiger partial charge on any atom is 0.306 e. The molecule has 0 aliphatic heterocycles. The van der Waals surface area contributed by atoms with E-state index in [9.17, 15) is 4.79 Å². The maximum atomic E-state index is 11.5. The van der Waals surface area contributed by atoms with E-state index in [4.69, 9.17) is 9.84 Å². The fourth-order valence-corrected chi connectivity index (χ4v) is 1.77. The van der Waals surface area contributed by atoms with Gasteiger partial charge in [-0.25, -0.2) is 0 Å².